The van der Waals surface area contributed by atoms with Gasteiger partial charge in [0.15, 0.2) is 0 Å². The van der Waals surface area contributed by atoms with Crippen molar-refractivity contribution in [2.45, 2.75) is 12.3 Å². The molecule has 0 heterocycles. The van der Waals surface area contributed by atoms with Gasteiger partial charge in [0, 0.05) is 13.1 Å². The molecule has 1 rings (SSSR count). The van der Waals surface area contributed by atoms with Crippen LogP contribution in [0.4, 0.5) is 4.39 Å². The SMILES string of the molecule is CCN(CCO)CC(Cl)c1ccc(F)cc1. The van der Waals surface area contributed by atoms with E-state index in [9.17, 15) is 4.39 Å². The molecule has 90 valence electrons. The number of halogens is 2. The molecule has 0 amide bonds. The third-order valence-corrected chi connectivity index (χ3v) is 2.90. The van der Waals surface area contributed by atoms with Crippen LogP contribution in [0.3, 0.4) is 0 Å². The number of hydrogen-bond donors (Lipinski definition) is 1. The van der Waals surface area contributed by atoms with Crippen LogP contribution in [-0.2, 0) is 0 Å². The van der Waals surface area contributed by atoms with E-state index < -0.39 is 0 Å². The van der Waals surface area contributed by atoms with E-state index in [2.05, 4.69) is 4.90 Å². The van der Waals surface area contributed by atoms with Crippen LogP contribution in [0.5, 0.6) is 0 Å². The van der Waals surface area contributed by atoms with Gasteiger partial charge in [-0.05, 0) is 24.2 Å². The average Bonchev–Trinajstić information content (AvgIpc) is 2.29. The molecule has 4 heteroatoms. The second-order valence-electron chi connectivity index (χ2n) is 3.64. The second-order valence-corrected chi connectivity index (χ2v) is 4.16. The number of likely N-dealkylation sites (N-methyl/N-ethyl adjacent to an activating group) is 1. The summed E-state index contributed by atoms with van der Waals surface area (Å²) in [4.78, 5) is 2.06. The molecule has 16 heavy (non-hydrogen) atoms. The smallest absolute Gasteiger partial charge is 0.123 e. The molecule has 0 aliphatic heterocycles. The van der Waals surface area contributed by atoms with Crippen LogP contribution < -0.4 is 0 Å². The summed E-state index contributed by atoms with van der Waals surface area (Å²) in [7, 11) is 0. The van der Waals surface area contributed by atoms with Gasteiger partial charge >= 0.3 is 0 Å². The quantitative estimate of drug-likeness (QED) is 0.778. The molecule has 0 aromatic heterocycles. The number of hydrogen-bond acceptors (Lipinski definition) is 2. The summed E-state index contributed by atoms with van der Waals surface area (Å²) in [6.45, 7) is 4.25. The third-order valence-electron chi connectivity index (χ3n) is 2.51. The summed E-state index contributed by atoms with van der Waals surface area (Å²) in [5.74, 6) is -0.254. The molecule has 0 aliphatic carbocycles. The number of rotatable bonds is 6. The van der Waals surface area contributed by atoms with Crippen LogP contribution in [0.1, 0.15) is 17.9 Å². The van der Waals surface area contributed by atoms with Gasteiger partial charge in [-0.1, -0.05) is 19.1 Å². The monoisotopic (exact) mass is 245 g/mol. The van der Waals surface area contributed by atoms with Crippen LogP contribution in [-0.4, -0.2) is 36.2 Å². The number of aliphatic hydroxyl groups is 1. The lowest BCUT2D eigenvalue weighted by Crippen LogP contribution is -2.29. The molecule has 0 radical (unpaired) electrons. The largest absolute Gasteiger partial charge is 0.395 e. The summed E-state index contributed by atoms with van der Waals surface area (Å²) in [5, 5.41) is 8.68. The molecule has 1 aromatic rings. The number of aliphatic hydroxyl groups excluding tert-OH is 1. The van der Waals surface area contributed by atoms with Crippen LogP contribution in [0, 0.1) is 5.82 Å². The normalized spacial score (nSPS) is 13.1. The summed E-state index contributed by atoms with van der Waals surface area (Å²) in [5.41, 5.74) is 0.902. The van der Waals surface area contributed by atoms with Gasteiger partial charge in [-0.2, -0.15) is 0 Å². The first kappa shape index (κ1) is 13.4. The van der Waals surface area contributed by atoms with Crippen molar-refractivity contribution < 1.29 is 9.50 Å². The van der Waals surface area contributed by atoms with Crippen molar-refractivity contribution in [3.8, 4) is 0 Å². The Balaban J connectivity index is 2.56. The molecule has 1 N–H and O–H groups in total. The maximum absolute atomic E-state index is 12.7. The van der Waals surface area contributed by atoms with E-state index in [1.165, 1.54) is 12.1 Å². The van der Waals surface area contributed by atoms with Crippen molar-refractivity contribution in [2.75, 3.05) is 26.2 Å². The van der Waals surface area contributed by atoms with E-state index in [1.807, 2.05) is 6.92 Å². The minimum Gasteiger partial charge on any atom is -0.395 e. The fourth-order valence-corrected chi connectivity index (χ4v) is 1.86. The van der Waals surface area contributed by atoms with Crippen LogP contribution in [0.2, 0.25) is 0 Å². The highest BCUT2D eigenvalue weighted by molar-refractivity contribution is 6.21. The predicted octanol–water partition coefficient (Wildman–Crippen LogP) is 2.42. The topological polar surface area (TPSA) is 23.5 Å². The zero-order chi connectivity index (χ0) is 12.0. The van der Waals surface area contributed by atoms with Crippen molar-refractivity contribution >= 4 is 11.6 Å². The fourth-order valence-electron chi connectivity index (χ4n) is 1.52. The summed E-state index contributed by atoms with van der Waals surface area (Å²) in [6.07, 6.45) is 0. The van der Waals surface area contributed by atoms with Crippen molar-refractivity contribution in [2.24, 2.45) is 0 Å². The molecule has 1 aromatic carbocycles. The van der Waals surface area contributed by atoms with Crippen LogP contribution in [0.15, 0.2) is 24.3 Å². The van der Waals surface area contributed by atoms with E-state index in [1.54, 1.807) is 12.1 Å². The first-order valence-electron chi connectivity index (χ1n) is 5.40. The highest BCUT2D eigenvalue weighted by Crippen LogP contribution is 2.21. The summed E-state index contributed by atoms with van der Waals surface area (Å²) >= 11 is 6.22. The Morgan fingerprint density at radius 1 is 1.38 bits per heavy atom. The molecule has 0 aliphatic rings. The van der Waals surface area contributed by atoms with E-state index >= 15 is 0 Å². The molecule has 0 saturated carbocycles. The number of alkyl halides is 1. The predicted molar refractivity (Wildman–Crippen MR) is 64.2 cm³/mol. The molecule has 0 fully saturated rings. The highest BCUT2D eigenvalue weighted by atomic mass is 35.5. The zero-order valence-electron chi connectivity index (χ0n) is 9.37. The standard InChI is InChI=1S/C12H17ClFNO/c1-2-15(7-8-16)9-12(13)10-3-5-11(14)6-4-10/h3-6,12,16H,2,7-9H2,1H3. The van der Waals surface area contributed by atoms with Crippen LogP contribution >= 0.6 is 11.6 Å². The molecule has 0 bridgehead atoms. The van der Waals surface area contributed by atoms with Crippen molar-refractivity contribution in [1.82, 2.24) is 4.90 Å². The average molecular weight is 246 g/mol. The zero-order valence-corrected chi connectivity index (χ0v) is 10.1. The van der Waals surface area contributed by atoms with Crippen molar-refractivity contribution in [1.29, 1.82) is 0 Å². The molecular weight excluding hydrogens is 229 g/mol. The lowest BCUT2D eigenvalue weighted by molar-refractivity contribution is 0.202. The lowest BCUT2D eigenvalue weighted by atomic mass is 10.1. The maximum atomic E-state index is 12.7. The molecule has 0 spiro atoms. The van der Waals surface area contributed by atoms with Gasteiger partial charge in [-0.3, -0.25) is 4.90 Å². The van der Waals surface area contributed by atoms with Gasteiger partial charge < -0.3 is 5.11 Å². The highest BCUT2D eigenvalue weighted by Gasteiger charge is 2.12. The van der Waals surface area contributed by atoms with Gasteiger partial charge in [0.2, 0.25) is 0 Å². The Morgan fingerprint density at radius 2 is 2.00 bits per heavy atom. The maximum Gasteiger partial charge on any atom is 0.123 e. The van der Waals surface area contributed by atoms with E-state index in [0.717, 1.165) is 12.1 Å². The Labute approximate surface area is 101 Å². The molecular formula is C12H17ClFNO. The lowest BCUT2D eigenvalue weighted by Gasteiger charge is -2.22. The molecule has 2 nitrogen and oxygen atoms in total. The molecule has 1 unspecified atom stereocenters. The summed E-state index contributed by atoms with van der Waals surface area (Å²) in [6, 6.07) is 6.21. The van der Waals surface area contributed by atoms with Gasteiger partial charge in [0.05, 0.1) is 12.0 Å². The van der Waals surface area contributed by atoms with E-state index in [-0.39, 0.29) is 17.8 Å². The minimum atomic E-state index is -0.254. The van der Waals surface area contributed by atoms with Gasteiger partial charge in [0.1, 0.15) is 5.82 Å². The Morgan fingerprint density at radius 3 is 2.50 bits per heavy atom. The number of nitrogens with zero attached hydrogens (tertiary/aromatic N) is 1. The third kappa shape index (κ3) is 4.08. The van der Waals surface area contributed by atoms with Gasteiger partial charge in [-0.15, -0.1) is 11.6 Å². The fraction of sp³-hybridized carbons (Fsp3) is 0.500. The van der Waals surface area contributed by atoms with Gasteiger partial charge in [-0.25, -0.2) is 4.39 Å². The van der Waals surface area contributed by atoms with Gasteiger partial charge in [0.25, 0.3) is 0 Å². The molecule has 0 saturated heterocycles. The minimum absolute atomic E-state index is 0.126. The second kappa shape index (κ2) is 6.84. The van der Waals surface area contributed by atoms with Crippen LogP contribution in [0.25, 0.3) is 0 Å². The Hall–Kier alpha value is -0.640. The van der Waals surface area contributed by atoms with E-state index in [4.69, 9.17) is 16.7 Å². The van der Waals surface area contributed by atoms with Crippen molar-refractivity contribution in [3.63, 3.8) is 0 Å². The first-order chi connectivity index (χ1) is 7.67. The van der Waals surface area contributed by atoms with Crippen molar-refractivity contribution in [3.05, 3.63) is 35.6 Å². The first-order valence-corrected chi connectivity index (χ1v) is 5.83. The Kier molecular flexibility index (Phi) is 5.74. The molecule has 1 atom stereocenters. The van der Waals surface area contributed by atoms with E-state index in [0.29, 0.717) is 13.1 Å². The summed E-state index contributed by atoms with van der Waals surface area (Å²) < 4.78 is 12.7. The Bertz CT molecular complexity index is 304. The number of benzene rings is 1.